The van der Waals surface area contributed by atoms with Gasteiger partial charge in [-0.25, -0.2) is 0 Å². The maximum absolute atomic E-state index is 5.84. The molecule has 3 aliphatic rings. The highest BCUT2D eigenvalue weighted by atomic mass is 16.5. The minimum Gasteiger partial charge on any atom is -0.496 e. The molecule has 3 nitrogen and oxygen atoms in total. The molecule has 0 amide bonds. The molecular weight excluding hydrogens is 428 g/mol. The average Bonchev–Trinajstić information content (AvgIpc) is 2.89. The third kappa shape index (κ3) is 3.90. The zero-order valence-electron chi connectivity index (χ0n) is 22.0. The summed E-state index contributed by atoms with van der Waals surface area (Å²) in [7, 11) is 1.78. The van der Waals surface area contributed by atoms with E-state index in [1.165, 1.54) is 35.1 Å². The Morgan fingerprint density at radius 2 is 1.49 bits per heavy atom. The normalized spacial score (nSPS) is 28.1. The van der Waals surface area contributed by atoms with Gasteiger partial charge in [-0.05, 0) is 66.9 Å². The van der Waals surface area contributed by atoms with Crippen LogP contribution in [0.4, 0.5) is 0 Å². The van der Waals surface area contributed by atoms with Crippen LogP contribution in [0.5, 0.6) is 5.75 Å². The van der Waals surface area contributed by atoms with E-state index >= 15 is 0 Å². The highest BCUT2D eigenvalue weighted by Gasteiger charge is 2.62. The maximum Gasteiger partial charge on any atom is 0.123 e. The van der Waals surface area contributed by atoms with Gasteiger partial charge in [0.05, 0.1) is 18.2 Å². The predicted octanol–water partition coefficient (Wildman–Crippen LogP) is 6.62. The Balaban J connectivity index is 1.65. The van der Waals surface area contributed by atoms with Gasteiger partial charge in [-0.15, -0.1) is 0 Å². The van der Waals surface area contributed by atoms with Crippen molar-refractivity contribution < 1.29 is 4.74 Å². The molecule has 3 fully saturated rings. The van der Waals surface area contributed by atoms with Crippen molar-refractivity contribution in [3.8, 4) is 5.75 Å². The van der Waals surface area contributed by atoms with Gasteiger partial charge >= 0.3 is 0 Å². The Bertz CT molecular complexity index is 1150. The van der Waals surface area contributed by atoms with E-state index in [4.69, 9.17) is 4.74 Å². The Labute approximate surface area is 211 Å². The Morgan fingerprint density at radius 3 is 2.06 bits per heavy atom. The minimum atomic E-state index is -0.213. The molecule has 0 radical (unpaired) electrons. The van der Waals surface area contributed by atoms with Crippen LogP contribution in [0.1, 0.15) is 62.8 Å². The summed E-state index contributed by atoms with van der Waals surface area (Å²) in [6.45, 7) is 12.3. The van der Waals surface area contributed by atoms with E-state index in [1.807, 2.05) is 0 Å². The summed E-state index contributed by atoms with van der Waals surface area (Å²) < 4.78 is 5.84. The van der Waals surface area contributed by atoms with Crippen molar-refractivity contribution in [1.29, 1.82) is 0 Å². The van der Waals surface area contributed by atoms with E-state index in [9.17, 15) is 0 Å². The number of benzene rings is 3. The van der Waals surface area contributed by atoms with Gasteiger partial charge in [0.1, 0.15) is 5.75 Å². The van der Waals surface area contributed by atoms with Crippen LogP contribution >= 0.6 is 0 Å². The molecule has 3 aromatic rings. The van der Waals surface area contributed by atoms with Crippen LogP contribution in [-0.2, 0) is 23.0 Å². The van der Waals surface area contributed by atoms with Gasteiger partial charge in [-0.1, -0.05) is 93.6 Å². The number of methoxy groups -OCH3 is 1. The molecule has 3 saturated heterocycles. The van der Waals surface area contributed by atoms with E-state index in [0.717, 1.165) is 25.4 Å². The van der Waals surface area contributed by atoms with E-state index in [2.05, 4.69) is 117 Å². The molecule has 0 aliphatic carbocycles. The molecule has 3 heterocycles. The summed E-state index contributed by atoms with van der Waals surface area (Å²) in [6, 6.07) is 29.0. The number of ether oxygens (including phenoxy) is 1. The lowest BCUT2D eigenvalue weighted by Crippen LogP contribution is -2.74. The Morgan fingerprint density at radius 1 is 0.886 bits per heavy atom. The molecule has 6 rings (SSSR count). The van der Waals surface area contributed by atoms with Crippen molar-refractivity contribution in [3.63, 3.8) is 0 Å². The number of rotatable bonds is 6. The zero-order chi connectivity index (χ0) is 24.7. The smallest absolute Gasteiger partial charge is 0.123 e. The van der Waals surface area contributed by atoms with Gasteiger partial charge in [-0.3, -0.25) is 4.90 Å². The van der Waals surface area contributed by atoms with Gasteiger partial charge in [0.25, 0.3) is 0 Å². The molecule has 1 N–H and O–H groups in total. The topological polar surface area (TPSA) is 24.5 Å². The first-order valence-electron chi connectivity index (χ1n) is 13.1. The number of piperidine rings is 3. The van der Waals surface area contributed by atoms with Crippen LogP contribution in [0.3, 0.4) is 0 Å². The lowest BCUT2D eigenvalue weighted by atomic mass is 9.55. The van der Waals surface area contributed by atoms with Gasteiger partial charge in [0.2, 0.25) is 0 Å². The fourth-order valence-corrected chi connectivity index (χ4v) is 6.83. The quantitative estimate of drug-likeness (QED) is 0.440. The fraction of sp³-hybridized carbons (Fsp3) is 0.438. The fourth-order valence-electron chi connectivity index (χ4n) is 6.83. The Hall–Kier alpha value is -2.62. The van der Waals surface area contributed by atoms with E-state index in [-0.39, 0.29) is 16.5 Å². The first-order chi connectivity index (χ1) is 16.8. The van der Waals surface area contributed by atoms with Crippen LogP contribution in [0, 0.1) is 5.92 Å². The standard InChI is InChI=1S/C32H40N2O/c1-30(2,3)28-16-17-29(35-5)24(22-28)23-33-32(26-14-10-7-11-15-26)27-18-20-34(21-19-27)31(32,4)25-12-8-6-9-13-25/h6-17,22,27,33H,18-21,23H2,1-5H3/t31-,32+/m0/s1. The average molecular weight is 469 g/mol. The van der Waals surface area contributed by atoms with Crippen LogP contribution in [0.15, 0.2) is 78.9 Å². The lowest BCUT2D eigenvalue weighted by molar-refractivity contribution is -0.122. The molecule has 0 spiro atoms. The van der Waals surface area contributed by atoms with Gasteiger partial charge < -0.3 is 10.1 Å². The molecule has 3 aliphatic heterocycles. The number of hydrogen-bond acceptors (Lipinski definition) is 3. The summed E-state index contributed by atoms with van der Waals surface area (Å²) in [5.41, 5.74) is 5.04. The van der Waals surface area contributed by atoms with Crippen LogP contribution in [0.2, 0.25) is 0 Å². The Kier molecular flexibility index (Phi) is 6.27. The van der Waals surface area contributed by atoms with E-state index in [0.29, 0.717) is 5.92 Å². The first-order valence-corrected chi connectivity index (χ1v) is 13.1. The number of nitrogens with one attached hydrogen (secondary N) is 1. The van der Waals surface area contributed by atoms with Crippen LogP contribution in [-0.4, -0.2) is 25.1 Å². The third-order valence-corrected chi connectivity index (χ3v) is 8.78. The van der Waals surface area contributed by atoms with Crippen molar-refractivity contribution in [1.82, 2.24) is 10.2 Å². The largest absolute Gasteiger partial charge is 0.496 e. The molecule has 3 heteroatoms. The summed E-state index contributed by atoms with van der Waals surface area (Å²) >= 11 is 0. The van der Waals surface area contributed by atoms with Crippen molar-refractivity contribution in [3.05, 3.63) is 101 Å². The van der Waals surface area contributed by atoms with Gasteiger partial charge in [-0.2, -0.15) is 0 Å². The van der Waals surface area contributed by atoms with Crippen LogP contribution < -0.4 is 10.1 Å². The number of hydrogen-bond donors (Lipinski definition) is 1. The zero-order valence-corrected chi connectivity index (χ0v) is 22.0. The maximum atomic E-state index is 5.84. The molecule has 2 atom stereocenters. The lowest BCUT2D eigenvalue weighted by Gasteiger charge is -2.66. The SMILES string of the molecule is COc1ccc(C(C)(C)C)cc1CN[C@]1(c2ccccc2)C2CCN(CC2)[C@@]1(C)c1ccccc1. The summed E-state index contributed by atoms with van der Waals surface area (Å²) in [4.78, 5) is 2.73. The predicted molar refractivity (Wildman–Crippen MR) is 145 cm³/mol. The minimum absolute atomic E-state index is 0.0896. The van der Waals surface area contributed by atoms with Crippen molar-refractivity contribution in [2.24, 2.45) is 5.92 Å². The summed E-state index contributed by atoms with van der Waals surface area (Å²) in [5, 5.41) is 4.22. The second-order valence-corrected chi connectivity index (χ2v) is 11.5. The highest BCUT2D eigenvalue weighted by Crippen LogP contribution is 2.57. The molecular formula is C32H40N2O. The summed E-state index contributed by atoms with van der Waals surface area (Å²) in [6.07, 6.45) is 2.42. The molecule has 0 unspecified atom stereocenters. The van der Waals surface area contributed by atoms with Crippen molar-refractivity contribution in [2.45, 2.75) is 63.6 Å². The molecule has 0 aromatic heterocycles. The van der Waals surface area contributed by atoms with Crippen molar-refractivity contribution in [2.75, 3.05) is 20.2 Å². The second kappa shape index (κ2) is 9.11. The van der Waals surface area contributed by atoms with Gasteiger partial charge in [0, 0.05) is 12.1 Å². The molecule has 2 bridgehead atoms. The van der Waals surface area contributed by atoms with Gasteiger partial charge in [0.15, 0.2) is 0 Å². The second-order valence-electron chi connectivity index (χ2n) is 11.5. The van der Waals surface area contributed by atoms with E-state index < -0.39 is 0 Å². The monoisotopic (exact) mass is 468 g/mol. The number of fused-ring (bicyclic) bond motifs is 3. The van der Waals surface area contributed by atoms with E-state index in [1.54, 1.807) is 7.11 Å². The molecule has 184 valence electrons. The third-order valence-electron chi connectivity index (χ3n) is 8.78. The van der Waals surface area contributed by atoms with Crippen molar-refractivity contribution >= 4 is 0 Å². The summed E-state index contributed by atoms with van der Waals surface area (Å²) in [5.74, 6) is 1.51. The highest BCUT2D eigenvalue weighted by molar-refractivity contribution is 5.43. The molecule has 3 aromatic carbocycles. The molecule has 35 heavy (non-hydrogen) atoms. The first kappa shape index (κ1) is 24.1. The van der Waals surface area contributed by atoms with Crippen LogP contribution in [0.25, 0.3) is 0 Å². The number of nitrogens with zero attached hydrogens (tertiary/aromatic N) is 1. The molecule has 0 saturated carbocycles.